The number of hydrogen-bond acceptors (Lipinski definition) is 4. The van der Waals surface area contributed by atoms with E-state index >= 15 is 0 Å². The zero-order valence-electron chi connectivity index (χ0n) is 11.6. The van der Waals surface area contributed by atoms with Gasteiger partial charge >= 0.3 is 0 Å². The average Bonchev–Trinajstić information content (AvgIpc) is 2.42. The summed E-state index contributed by atoms with van der Waals surface area (Å²) in [5, 5.41) is 18.1. The number of hydrogen-bond donors (Lipinski definition) is 0. The second-order valence-corrected chi connectivity index (χ2v) is 4.57. The highest BCUT2D eigenvalue weighted by Crippen LogP contribution is 2.31. The summed E-state index contributed by atoms with van der Waals surface area (Å²) < 4.78 is 5.80. The Morgan fingerprint density at radius 3 is 2.20 bits per heavy atom. The first-order valence-corrected chi connectivity index (χ1v) is 6.11. The summed E-state index contributed by atoms with van der Waals surface area (Å²) >= 11 is 0. The van der Waals surface area contributed by atoms with E-state index in [-0.39, 0.29) is 0 Å². The number of ether oxygens (including phenoxy) is 1. The molecule has 0 radical (unpaired) electrons. The second kappa shape index (κ2) is 5.42. The topological polar surface area (TPSA) is 69.7 Å². The van der Waals surface area contributed by atoms with Crippen molar-refractivity contribution >= 4 is 0 Å². The molecule has 2 rings (SSSR count). The molecule has 1 heterocycles. The maximum Gasteiger partial charge on any atom is 0.237 e. The first-order chi connectivity index (χ1) is 9.56. The van der Waals surface area contributed by atoms with Gasteiger partial charge < -0.3 is 4.74 Å². The monoisotopic (exact) mass is 263 g/mol. The van der Waals surface area contributed by atoms with Gasteiger partial charge in [-0.2, -0.15) is 10.5 Å². The minimum Gasteiger partial charge on any atom is -0.437 e. The van der Waals surface area contributed by atoms with Crippen molar-refractivity contribution < 1.29 is 4.74 Å². The lowest BCUT2D eigenvalue weighted by atomic mass is 10.1. The quantitative estimate of drug-likeness (QED) is 0.830. The fraction of sp³-hybridized carbons (Fsp3) is 0.188. The fourth-order valence-electron chi connectivity index (χ4n) is 2.02. The van der Waals surface area contributed by atoms with Crippen LogP contribution >= 0.6 is 0 Å². The van der Waals surface area contributed by atoms with Crippen molar-refractivity contribution in [3.63, 3.8) is 0 Å². The highest BCUT2D eigenvalue weighted by molar-refractivity contribution is 5.51. The van der Waals surface area contributed by atoms with Gasteiger partial charge in [0.1, 0.15) is 17.4 Å². The Kier molecular flexibility index (Phi) is 3.68. The molecule has 0 saturated heterocycles. The molecule has 1 aromatic heterocycles. The molecule has 20 heavy (non-hydrogen) atoms. The molecule has 4 heteroatoms. The molecule has 0 aliphatic carbocycles. The summed E-state index contributed by atoms with van der Waals surface area (Å²) in [5.74, 6) is 0.932. The molecule has 2 aromatic rings. The van der Waals surface area contributed by atoms with E-state index < -0.39 is 0 Å². The number of nitriles is 2. The summed E-state index contributed by atoms with van der Waals surface area (Å²) in [6.45, 7) is 5.57. The summed E-state index contributed by atoms with van der Waals surface area (Å²) in [5.41, 5.74) is 3.52. The van der Waals surface area contributed by atoms with Crippen LogP contribution in [0.15, 0.2) is 24.4 Å². The lowest BCUT2D eigenvalue weighted by Gasteiger charge is -2.12. The summed E-state index contributed by atoms with van der Waals surface area (Å²) in [6, 6.07) is 9.49. The molecule has 1 aromatic carbocycles. The van der Waals surface area contributed by atoms with Gasteiger partial charge in [-0.05, 0) is 55.7 Å². The van der Waals surface area contributed by atoms with Crippen LogP contribution in [-0.4, -0.2) is 4.98 Å². The fourth-order valence-corrected chi connectivity index (χ4v) is 2.02. The molecule has 0 amide bonds. The normalized spacial score (nSPS) is 9.65. The van der Waals surface area contributed by atoms with Gasteiger partial charge in [0, 0.05) is 6.20 Å². The van der Waals surface area contributed by atoms with Crippen LogP contribution in [0.2, 0.25) is 0 Å². The van der Waals surface area contributed by atoms with Crippen LogP contribution in [-0.2, 0) is 0 Å². The molecule has 0 bridgehead atoms. The van der Waals surface area contributed by atoms with Crippen LogP contribution < -0.4 is 4.74 Å². The van der Waals surface area contributed by atoms with E-state index in [1.165, 1.54) is 0 Å². The number of pyridine rings is 1. The molecule has 0 fully saturated rings. The minimum atomic E-state index is 0.295. The highest BCUT2D eigenvalue weighted by Gasteiger charge is 2.13. The lowest BCUT2D eigenvalue weighted by molar-refractivity contribution is 0.454. The Bertz CT molecular complexity index is 728. The van der Waals surface area contributed by atoms with Crippen LogP contribution in [0.3, 0.4) is 0 Å². The largest absolute Gasteiger partial charge is 0.437 e. The molecule has 0 atom stereocenters. The molecular weight excluding hydrogens is 250 g/mol. The van der Waals surface area contributed by atoms with Crippen LogP contribution in [0.1, 0.15) is 27.8 Å². The van der Waals surface area contributed by atoms with E-state index in [0.717, 1.165) is 16.7 Å². The molecular formula is C16H13N3O. The minimum absolute atomic E-state index is 0.295. The predicted molar refractivity (Wildman–Crippen MR) is 74.4 cm³/mol. The molecule has 0 saturated carbocycles. The maximum atomic E-state index is 9.18. The van der Waals surface area contributed by atoms with Gasteiger partial charge in [-0.15, -0.1) is 0 Å². The van der Waals surface area contributed by atoms with Gasteiger partial charge in [0.15, 0.2) is 0 Å². The van der Waals surface area contributed by atoms with E-state index in [2.05, 4.69) is 17.1 Å². The molecule has 0 spiro atoms. The predicted octanol–water partition coefficient (Wildman–Crippen LogP) is 3.54. The second-order valence-electron chi connectivity index (χ2n) is 4.57. The third-order valence-electron chi connectivity index (χ3n) is 3.02. The molecule has 98 valence electrons. The number of aryl methyl sites for hydroxylation is 3. The van der Waals surface area contributed by atoms with E-state index in [0.29, 0.717) is 22.8 Å². The number of nitrogens with zero attached hydrogens (tertiary/aromatic N) is 3. The molecule has 0 N–H and O–H groups in total. The van der Waals surface area contributed by atoms with Crippen molar-refractivity contribution in [3.8, 4) is 23.8 Å². The van der Waals surface area contributed by atoms with Crippen LogP contribution in [0.5, 0.6) is 11.6 Å². The lowest BCUT2D eigenvalue weighted by Crippen LogP contribution is -1.98. The van der Waals surface area contributed by atoms with Crippen molar-refractivity contribution in [2.75, 3.05) is 0 Å². The van der Waals surface area contributed by atoms with Gasteiger partial charge in [-0.25, -0.2) is 4.98 Å². The van der Waals surface area contributed by atoms with E-state index in [1.807, 2.05) is 20.8 Å². The van der Waals surface area contributed by atoms with Crippen LogP contribution in [0.4, 0.5) is 0 Å². The summed E-state index contributed by atoms with van der Waals surface area (Å²) in [4.78, 5) is 4.12. The smallest absolute Gasteiger partial charge is 0.237 e. The van der Waals surface area contributed by atoms with Gasteiger partial charge in [-0.1, -0.05) is 0 Å². The number of aromatic nitrogens is 1. The van der Waals surface area contributed by atoms with Crippen LogP contribution in [0.25, 0.3) is 0 Å². The zero-order valence-corrected chi connectivity index (χ0v) is 11.6. The SMILES string of the molecule is Cc1ccnc(Oc2c(C)cc(C#N)cc2C)c1C#N. The van der Waals surface area contributed by atoms with Crippen molar-refractivity contribution in [3.05, 3.63) is 52.2 Å². The molecule has 0 unspecified atom stereocenters. The molecule has 0 aliphatic rings. The van der Waals surface area contributed by atoms with Gasteiger partial charge in [0.2, 0.25) is 5.88 Å². The van der Waals surface area contributed by atoms with Crippen molar-refractivity contribution in [2.45, 2.75) is 20.8 Å². The highest BCUT2D eigenvalue weighted by atomic mass is 16.5. The average molecular weight is 263 g/mol. The van der Waals surface area contributed by atoms with Crippen molar-refractivity contribution in [1.29, 1.82) is 10.5 Å². The standard InChI is InChI=1S/C16H13N3O/c1-10-4-5-19-16(14(10)9-18)20-15-11(2)6-13(8-17)7-12(15)3/h4-7H,1-3H3. The van der Waals surface area contributed by atoms with E-state index in [4.69, 9.17) is 10.00 Å². The van der Waals surface area contributed by atoms with Crippen molar-refractivity contribution in [1.82, 2.24) is 4.98 Å². The Morgan fingerprint density at radius 1 is 1.00 bits per heavy atom. The van der Waals surface area contributed by atoms with E-state index in [1.54, 1.807) is 24.4 Å². The van der Waals surface area contributed by atoms with Gasteiger partial charge in [-0.3, -0.25) is 0 Å². The Morgan fingerprint density at radius 2 is 1.65 bits per heavy atom. The third-order valence-corrected chi connectivity index (χ3v) is 3.02. The third kappa shape index (κ3) is 2.46. The van der Waals surface area contributed by atoms with Crippen LogP contribution in [0, 0.1) is 43.4 Å². The van der Waals surface area contributed by atoms with Crippen molar-refractivity contribution in [2.24, 2.45) is 0 Å². The van der Waals surface area contributed by atoms with E-state index in [9.17, 15) is 5.26 Å². The Labute approximate surface area is 117 Å². The zero-order chi connectivity index (χ0) is 14.7. The van der Waals surface area contributed by atoms with Gasteiger partial charge in [0.25, 0.3) is 0 Å². The first kappa shape index (κ1) is 13.6. The Balaban J connectivity index is 2.50. The summed E-state index contributed by atoms with van der Waals surface area (Å²) in [7, 11) is 0. The maximum absolute atomic E-state index is 9.18. The number of rotatable bonds is 2. The number of benzene rings is 1. The molecule has 0 aliphatic heterocycles. The Hall–Kier alpha value is -2.85. The summed E-state index contributed by atoms with van der Waals surface area (Å²) in [6.07, 6.45) is 1.61. The first-order valence-electron chi connectivity index (χ1n) is 6.11. The molecule has 4 nitrogen and oxygen atoms in total. The van der Waals surface area contributed by atoms with Gasteiger partial charge in [0.05, 0.1) is 11.6 Å².